The lowest BCUT2D eigenvalue weighted by Gasteiger charge is -2.33. The van der Waals surface area contributed by atoms with E-state index >= 15 is 9.59 Å². The van der Waals surface area contributed by atoms with Crippen LogP contribution in [0.2, 0.25) is 0 Å². The van der Waals surface area contributed by atoms with E-state index in [1.165, 1.54) is 56.0 Å². The number of aliphatic hydroxyl groups is 1. The Morgan fingerprint density at radius 1 is 0.639 bits per heavy atom. The fraction of sp³-hybridized carbons (Fsp3) is 0.707. The minimum absolute atomic E-state index is 0.0528. The minimum Gasteiger partial charge on any atom is -0.458 e. The largest absolute Gasteiger partial charge is 0.458 e. The molecule has 0 saturated carbocycles. The Morgan fingerprint density at radius 3 is 1.69 bits per heavy atom. The van der Waals surface area contributed by atoms with Crippen LogP contribution in [-0.4, -0.2) is 195 Å². The molecule has 13 amide bonds. The van der Waals surface area contributed by atoms with Gasteiger partial charge in [-0.25, -0.2) is 4.79 Å². The van der Waals surface area contributed by atoms with Gasteiger partial charge in [-0.2, -0.15) is 0 Å². The van der Waals surface area contributed by atoms with E-state index < -0.39 is 208 Å². The molecule has 0 unspecified atom stereocenters. The molecule has 15 N–H and O–H groups in total. The van der Waals surface area contributed by atoms with E-state index in [2.05, 4.69) is 63.8 Å². The number of ether oxygens (including phenoxy) is 1. The van der Waals surface area contributed by atoms with Crippen molar-refractivity contribution in [2.24, 2.45) is 53.1 Å². The minimum atomic E-state index is -1.87. The monoisotopic (exact) mass is 1520 g/mol. The van der Waals surface area contributed by atoms with Crippen LogP contribution in [0.5, 0.6) is 0 Å². The van der Waals surface area contributed by atoms with Crippen LogP contribution >= 0.6 is 0 Å². The van der Waals surface area contributed by atoms with Crippen molar-refractivity contribution >= 4 is 88.5 Å². The number of non-ortho nitro benzene ring substituents is 1. The Kier molecular flexibility index (Phi) is 38.2. The molecule has 108 heavy (non-hydrogen) atoms. The molecule has 17 atom stereocenters. The first-order valence-electron chi connectivity index (χ1n) is 38.0. The number of nitro benzene ring substituents is 1. The molecule has 0 radical (unpaired) electrons. The van der Waals surface area contributed by atoms with Gasteiger partial charge in [0.15, 0.2) is 0 Å². The zero-order valence-electron chi connectivity index (χ0n) is 66.4. The number of nitrogens with two attached hydrogens (primary N) is 1. The molecule has 2 aliphatic rings. The molecule has 2 fully saturated rings. The summed E-state index contributed by atoms with van der Waals surface area (Å²) in [7, 11) is 0. The van der Waals surface area contributed by atoms with Crippen LogP contribution in [0.3, 0.4) is 0 Å². The number of esters is 1. The van der Waals surface area contributed by atoms with Crippen molar-refractivity contribution in [3.8, 4) is 0 Å². The van der Waals surface area contributed by atoms with Crippen molar-refractivity contribution < 1.29 is 81.9 Å². The highest BCUT2D eigenvalue weighted by Crippen LogP contribution is 2.24. The highest BCUT2D eigenvalue weighted by molar-refractivity contribution is 6.03. The summed E-state index contributed by atoms with van der Waals surface area (Å²) in [5.41, 5.74) is 5.71. The van der Waals surface area contributed by atoms with E-state index in [0.717, 1.165) is 6.42 Å². The smallest absolute Gasteiger partial charge is 0.329 e. The number of amides is 13. The van der Waals surface area contributed by atoms with E-state index in [1.807, 2.05) is 13.8 Å². The van der Waals surface area contributed by atoms with Gasteiger partial charge in [-0.1, -0.05) is 148 Å². The molecular weight excluding hydrogens is 1400 g/mol. The SMILES string of the molecule is C/C=C1\NC(=O)[C@H](Cc2ccc([N+](=O)[O-])cc2)NC(=O)[C@@H](C(C)C)NC(=O)[C@@H]([C@H](C)CC)NC(=O)[C@H](NC(=O)[C@H](NC(=O)[C@H](CCCN)NC(=O)[C@H]2CCCN2C(=O)[C@H](NC(=O)[C@@H](NC(=O)[C@@H](NC(=O)[C@H](NC(=O)CC[C@@H](C)CC)C(C)C)[C@@H](C)O)C(C)C)C(C)C)[C@H](C)CC)[C@H](C)OC(=O)[C@H](C(C)C)NC1=O. The number of rotatable bonds is 34. The number of hydrogen-bond donors (Lipinski definition) is 14. The maximum absolute atomic E-state index is 15.1. The Hall–Kier alpha value is -9.14. The molecule has 2 heterocycles. The first-order chi connectivity index (χ1) is 50.6. The third-order valence-electron chi connectivity index (χ3n) is 19.9. The molecule has 0 aliphatic carbocycles. The normalized spacial score (nSPS) is 22.5. The second-order valence-electron chi connectivity index (χ2n) is 30.4. The molecule has 33 heteroatoms. The number of aliphatic hydroxyl groups excluding tert-OH is 1. The summed E-state index contributed by atoms with van der Waals surface area (Å²) in [6.45, 7) is 31.2. The van der Waals surface area contributed by atoms with Crippen LogP contribution < -0.4 is 69.5 Å². The fourth-order valence-electron chi connectivity index (χ4n) is 12.2. The van der Waals surface area contributed by atoms with Gasteiger partial charge < -0.3 is 84.3 Å². The Labute approximate surface area is 634 Å². The van der Waals surface area contributed by atoms with Crippen LogP contribution in [0.25, 0.3) is 0 Å². The molecule has 2 aliphatic heterocycles. The Balaban J connectivity index is 2.01. The van der Waals surface area contributed by atoms with E-state index in [-0.39, 0.29) is 81.2 Å². The van der Waals surface area contributed by atoms with Crippen molar-refractivity contribution in [3.05, 3.63) is 51.7 Å². The van der Waals surface area contributed by atoms with Gasteiger partial charge in [0, 0.05) is 31.5 Å². The van der Waals surface area contributed by atoms with Crippen LogP contribution in [0.15, 0.2) is 36.0 Å². The van der Waals surface area contributed by atoms with Gasteiger partial charge in [0.1, 0.15) is 84.3 Å². The first-order valence-corrected chi connectivity index (χ1v) is 38.0. The van der Waals surface area contributed by atoms with Gasteiger partial charge in [-0.15, -0.1) is 0 Å². The van der Waals surface area contributed by atoms with Crippen molar-refractivity contribution in [2.45, 2.75) is 280 Å². The van der Waals surface area contributed by atoms with Gasteiger partial charge in [0.05, 0.1) is 11.0 Å². The zero-order chi connectivity index (χ0) is 81.9. The molecule has 0 aromatic heterocycles. The summed E-state index contributed by atoms with van der Waals surface area (Å²) >= 11 is 0. The van der Waals surface area contributed by atoms with Crippen LogP contribution in [0.4, 0.5) is 5.69 Å². The molecule has 3 rings (SSSR count). The van der Waals surface area contributed by atoms with Gasteiger partial charge in [-0.05, 0) is 112 Å². The number of nitrogens with zero attached hydrogens (tertiary/aromatic N) is 2. The number of carbonyl (C=O) groups is 14. The summed E-state index contributed by atoms with van der Waals surface area (Å²) in [6.07, 6.45) is 0.589. The summed E-state index contributed by atoms with van der Waals surface area (Å²) < 4.78 is 5.94. The zero-order valence-corrected chi connectivity index (χ0v) is 66.4. The first kappa shape index (κ1) is 93.1. The standard InChI is InChI=1S/C75H123N15O18/c1-20-42(15)28-33-53(92)80-54(37(5)6)68(98)87-61(45(18)91)72(102)82-56(39(9)10)69(99)83-57(40(11)12)74(104)89-35-25-27-52(89)66(96)78-50(26-24-34-76)64(94)85-59(43(16)21-2)71(101)88-62-46(19)108-75(105)58(41(13)14)84-63(93)49(23-4)77-65(95)51(36-47-29-31-48(32-30-47)90(106)107)79-67(97)55(38(7)8)81-70(100)60(44(17)22-3)86-73(62)103/h23,29-32,37-46,50-52,54-62,91H,20-22,24-28,33-36,76H2,1-19H3,(H,77,95)(H,78,96)(H,79,97)(H,80,92)(H,81,100)(H,82,102)(H,83,99)(H,84,93)(H,85,94)(H,86,103)(H,87,98)(H,88,101)/b49-23-/t42-,43+,44+,45+,46-,50-,51-,52+,54+,55+,56-,57+,58-,59+,60+,61-,62+/m0/s1. The predicted octanol–water partition coefficient (Wildman–Crippen LogP) is 1.74. The molecule has 1 aromatic carbocycles. The predicted molar refractivity (Wildman–Crippen MR) is 402 cm³/mol. The molecule has 1 aromatic rings. The van der Waals surface area contributed by atoms with Crippen molar-refractivity contribution in [2.75, 3.05) is 13.1 Å². The highest BCUT2D eigenvalue weighted by Gasteiger charge is 2.45. The third-order valence-corrected chi connectivity index (χ3v) is 19.9. The summed E-state index contributed by atoms with van der Waals surface area (Å²) in [6, 6.07) is -11.8. The van der Waals surface area contributed by atoms with Crippen molar-refractivity contribution in [1.29, 1.82) is 0 Å². The summed E-state index contributed by atoms with van der Waals surface area (Å²) in [5, 5.41) is 54.3. The summed E-state index contributed by atoms with van der Waals surface area (Å²) in [4.78, 5) is 213. The molecule has 33 nitrogen and oxygen atoms in total. The molecule has 2 saturated heterocycles. The number of benzene rings is 1. The summed E-state index contributed by atoms with van der Waals surface area (Å²) in [5.74, 6) is -16.0. The maximum Gasteiger partial charge on any atom is 0.329 e. The number of nitrogens with one attached hydrogen (secondary N) is 12. The number of likely N-dealkylation sites (tertiary alicyclic amines) is 1. The average Bonchev–Trinajstić information content (AvgIpc) is 1.54. The van der Waals surface area contributed by atoms with Crippen molar-refractivity contribution in [1.82, 2.24) is 68.7 Å². The molecule has 0 spiro atoms. The topological polar surface area (TPSA) is 485 Å². The van der Waals surface area contributed by atoms with Crippen LogP contribution in [0, 0.1) is 57.5 Å². The third kappa shape index (κ3) is 27.5. The lowest BCUT2D eigenvalue weighted by molar-refractivity contribution is -0.384. The fourth-order valence-corrected chi connectivity index (χ4v) is 12.2. The van der Waals surface area contributed by atoms with Gasteiger partial charge in [-0.3, -0.25) is 72.4 Å². The second kappa shape index (κ2) is 44.4. The Bertz CT molecular complexity index is 3330. The molecule has 606 valence electrons. The van der Waals surface area contributed by atoms with Gasteiger partial charge in [0.2, 0.25) is 70.9 Å². The number of nitro groups is 1. The average molecular weight is 1520 g/mol. The Morgan fingerprint density at radius 2 is 1.18 bits per heavy atom. The second-order valence-corrected chi connectivity index (χ2v) is 30.4. The highest BCUT2D eigenvalue weighted by atomic mass is 16.6. The van der Waals surface area contributed by atoms with E-state index in [0.29, 0.717) is 18.4 Å². The van der Waals surface area contributed by atoms with Crippen molar-refractivity contribution in [3.63, 3.8) is 0 Å². The van der Waals surface area contributed by atoms with E-state index in [4.69, 9.17) is 10.5 Å². The number of hydrogen-bond acceptors (Lipinski definition) is 19. The lowest BCUT2D eigenvalue weighted by Crippen LogP contribution is -2.64. The van der Waals surface area contributed by atoms with Gasteiger partial charge in [0.25, 0.3) is 11.6 Å². The van der Waals surface area contributed by atoms with Crippen LogP contribution in [0.1, 0.15) is 195 Å². The number of allylic oxidation sites excluding steroid dienone is 1. The maximum atomic E-state index is 15.1. The molecular formula is C75H123N15O18. The lowest BCUT2D eigenvalue weighted by atomic mass is 9.95. The number of cyclic esters (lactones) is 1. The number of carbonyl (C=O) groups excluding carboxylic acids is 14. The van der Waals surface area contributed by atoms with Gasteiger partial charge >= 0.3 is 5.97 Å². The molecule has 0 bridgehead atoms. The quantitative estimate of drug-likeness (QED) is 0.0202. The van der Waals surface area contributed by atoms with E-state index in [1.54, 1.807) is 96.9 Å². The van der Waals surface area contributed by atoms with E-state index in [9.17, 15) is 72.8 Å². The van der Waals surface area contributed by atoms with Crippen LogP contribution in [-0.2, 0) is 78.3 Å².